The van der Waals surface area contributed by atoms with Crippen molar-refractivity contribution in [3.63, 3.8) is 0 Å². The Bertz CT molecular complexity index is 2130. The first-order chi connectivity index (χ1) is 23.1. The van der Waals surface area contributed by atoms with Crippen LogP contribution in [0.25, 0.3) is 55.0 Å². The molecular formula is C40H33N3O4. The lowest BCUT2D eigenvalue weighted by Gasteiger charge is -2.12. The summed E-state index contributed by atoms with van der Waals surface area (Å²) in [4.78, 5) is 0. The molecule has 232 valence electrons. The molecule has 0 saturated heterocycles. The molecule has 0 atom stereocenters. The number of nitrogens with one attached hydrogen (secondary N) is 1. The van der Waals surface area contributed by atoms with Crippen LogP contribution in [-0.4, -0.2) is 37.6 Å². The fourth-order valence-corrected chi connectivity index (χ4v) is 6.58. The van der Waals surface area contributed by atoms with Gasteiger partial charge in [-0.15, -0.1) is 0 Å². The Labute approximate surface area is 272 Å². The van der Waals surface area contributed by atoms with Crippen molar-refractivity contribution in [1.29, 1.82) is 0 Å². The highest BCUT2D eigenvalue weighted by molar-refractivity contribution is 6.11. The zero-order chi connectivity index (χ0) is 32.1. The number of rotatable bonds is 8. The van der Waals surface area contributed by atoms with Crippen LogP contribution in [0.3, 0.4) is 0 Å². The van der Waals surface area contributed by atoms with Crippen LogP contribution in [0, 0.1) is 0 Å². The largest absolute Gasteiger partial charge is 0.497 e. The van der Waals surface area contributed by atoms with Crippen molar-refractivity contribution < 1.29 is 18.9 Å². The average Bonchev–Trinajstić information content (AvgIpc) is 3.63. The smallest absolute Gasteiger partial charge is 0.119 e. The molecule has 0 fully saturated rings. The molecule has 6 aromatic carbocycles. The number of methoxy groups -OCH3 is 4. The molecule has 0 amide bonds. The summed E-state index contributed by atoms with van der Waals surface area (Å²) in [5.41, 5.74) is 8.56. The monoisotopic (exact) mass is 619 g/mol. The van der Waals surface area contributed by atoms with E-state index >= 15 is 0 Å². The molecule has 0 radical (unpaired) electrons. The van der Waals surface area contributed by atoms with Gasteiger partial charge in [0, 0.05) is 44.3 Å². The maximum absolute atomic E-state index is 5.54. The van der Waals surface area contributed by atoms with Gasteiger partial charge in [-0.3, -0.25) is 0 Å². The van der Waals surface area contributed by atoms with Gasteiger partial charge in [-0.1, -0.05) is 0 Å². The summed E-state index contributed by atoms with van der Waals surface area (Å²) in [5, 5.41) is 8.03. The third-order valence-corrected chi connectivity index (χ3v) is 8.90. The third-order valence-electron chi connectivity index (χ3n) is 8.90. The number of ether oxygens (including phenoxy) is 4. The predicted octanol–water partition coefficient (Wildman–Crippen LogP) is 9.66. The minimum atomic E-state index is 0.823. The fourth-order valence-electron chi connectivity index (χ4n) is 6.58. The molecule has 0 aliphatic heterocycles. The summed E-state index contributed by atoms with van der Waals surface area (Å²) in [7, 11) is 6.78. The van der Waals surface area contributed by atoms with E-state index in [1.807, 2.05) is 24.3 Å². The van der Waals surface area contributed by atoms with Crippen molar-refractivity contribution in [1.82, 2.24) is 9.13 Å². The van der Waals surface area contributed by atoms with E-state index in [2.05, 4.69) is 112 Å². The minimum absolute atomic E-state index is 0.823. The zero-order valence-corrected chi connectivity index (χ0v) is 26.6. The number of hydrogen-bond acceptors (Lipinski definition) is 5. The van der Waals surface area contributed by atoms with Crippen LogP contribution >= 0.6 is 0 Å². The molecular weight excluding hydrogens is 586 g/mol. The molecule has 7 heteroatoms. The van der Waals surface area contributed by atoms with Crippen molar-refractivity contribution in [2.45, 2.75) is 0 Å². The molecule has 0 spiro atoms. The van der Waals surface area contributed by atoms with Gasteiger partial charge in [-0.25, -0.2) is 0 Å². The van der Waals surface area contributed by atoms with Crippen LogP contribution in [-0.2, 0) is 0 Å². The van der Waals surface area contributed by atoms with E-state index in [0.29, 0.717) is 0 Å². The van der Waals surface area contributed by atoms with E-state index in [0.717, 1.165) is 89.4 Å². The number of nitrogens with zero attached hydrogens (tertiary/aromatic N) is 2. The van der Waals surface area contributed by atoms with Gasteiger partial charge in [0.15, 0.2) is 0 Å². The highest BCUT2D eigenvalue weighted by atomic mass is 16.5. The van der Waals surface area contributed by atoms with Gasteiger partial charge < -0.3 is 33.4 Å². The van der Waals surface area contributed by atoms with E-state index in [4.69, 9.17) is 18.9 Å². The van der Waals surface area contributed by atoms with Crippen LogP contribution in [0.15, 0.2) is 121 Å². The van der Waals surface area contributed by atoms with Crippen molar-refractivity contribution in [3.8, 4) is 34.4 Å². The summed E-state index contributed by atoms with van der Waals surface area (Å²) in [6.07, 6.45) is 0. The number of benzene rings is 6. The van der Waals surface area contributed by atoms with Crippen LogP contribution in [0.5, 0.6) is 23.0 Å². The summed E-state index contributed by atoms with van der Waals surface area (Å²) in [5.74, 6) is 3.29. The first-order valence-electron chi connectivity index (χ1n) is 15.4. The summed E-state index contributed by atoms with van der Waals surface area (Å²) < 4.78 is 26.7. The standard InChI is InChI=1S/C40H33N3O4/c1-44-29-13-17-37-33(21-29)34-22-30(45-2)14-18-38(34)42(37)27-9-5-25(6-10-27)41-26-7-11-28(12-8-26)43-39-19-15-31(46-3)23-35(39)36-24-32(47-4)16-20-40(36)43/h5-24,41H,1-4H3. The van der Waals surface area contributed by atoms with Crippen molar-refractivity contribution in [3.05, 3.63) is 121 Å². The normalized spacial score (nSPS) is 11.4. The van der Waals surface area contributed by atoms with E-state index in [-0.39, 0.29) is 0 Å². The van der Waals surface area contributed by atoms with Crippen molar-refractivity contribution in [2.75, 3.05) is 33.8 Å². The molecule has 7 nitrogen and oxygen atoms in total. The van der Waals surface area contributed by atoms with Gasteiger partial charge in [0.1, 0.15) is 23.0 Å². The Morgan fingerprint density at radius 3 is 0.894 bits per heavy atom. The average molecular weight is 620 g/mol. The van der Waals surface area contributed by atoms with E-state index < -0.39 is 0 Å². The quantitative estimate of drug-likeness (QED) is 0.184. The minimum Gasteiger partial charge on any atom is -0.497 e. The SMILES string of the molecule is COc1ccc2c(c1)c1cc(OC)ccc1n2-c1ccc(Nc2ccc(-n3c4ccc(OC)cc4c4cc(OC)ccc43)cc2)cc1. The Morgan fingerprint density at radius 1 is 0.362 bits per heavy atom. The second-order valence-electron chi connectivity index (χ2n) is 11.4. The zero-order valence-electron chi connectivity index (χ0n) is 26.6. The molecule has 0 bridgehead atoms. The van der Waals surface area contributed by atoms with Gasteiger partial charge in [-0.2, -0.15) is 0 Å². The topological polar surface area (TPSA) is 58.8 Å². The van der Waals surface area contributed by atoms with Crippen LogP contribution in [0.1, 0.15) is 0 Å². The van der Waals surface area contributed by atoms with Crippen molar-refractivity contribution >= 4 is 55.0 Å². The molecule has 8 rings (SSSR count). The first kappa shape index (κ1) is 28.4. The van der Waals surface area contributed by atoms with Gasteiger partial charge in [0.25, 0.3) is 0 Å². The fraction of sp³-hybridized carbons (Fsp3) is 0.100. The Hall–Kier alpha value is -6.08. The molecule has 8 aromatic rings. The van der Waals surface area contributed by atoms with E-state index in [1.165, 1.54) is 0 Å². The molecule has 0 saturated carbocycles. The van der Waals surface area contributed by atoms with E-state index in [1.54, 1.807) is 28.4 Å². The summed E-state index contributed by atoms with van der Waals surface area (Å²) >= 11 is 0. The molecule has 1 N–H and O–H groups in total. The number of anilines is 2. The Kier molecular flexibility index (Phi) is 6.87. The van der Waals surface area contributed by atoms with Crippen molar-refractivity contribution in [2.24, 2.45) is 0 Å². The molecule has 2 aromatic heterocycles. The predicted molar refractivity (Wildman–Crippen MR) is 191 cm³/mol. The van der Waals surface area contributed by atoms with Gasteiger partial charge in [-0.05, 0) is 121 Å². The second-order valence-corrected chi connectivity index (χ2v) is 11.4. The van der Waals surface area contributed by atoms with Crippen LogP contribution in [0.4, 0.5) is 11.4 Å². The van der Waals surface area contributed by atoms with E-state index in [9.17, 15) is 0 Å². The highest BCUT2D eigenvalue weighted by Crippen LogP contribution is 2.38. The van der Waals surface area contributed by atoms with Crippen LogP contribution in [0.2, 0.25) is 0 Å². The van der Waals surface area contributed by atoms with Gasteiger partial charge >= 0.3 is 0 Å². The highest BCUT2D eigenvalue weighted by Gasteiger charge is 2.16. The summed E-state index contributed by atoms with van der Waals surface area (Å²) in [6, 6.07) is 41.8. The number of aromatic nitrogens is 2. The lowest BCUT2D eigenvalue weighted by atomic mass is 10.1. The lowest BCUT2D eigenvalue weighted by molar-refractivity contribution is 0.415. The molecule has 0 aliphatic rings. The number of fused-ring (bicyclic) bond motifs is 6. The van der Waals surface area contributed by atoms with Gasteiger partial charge in [0.2, 0.25) is 0 Å². The lowest BCUT2D eigenvalue weighted by Crippen LogP contribution is -1.97. The second kappa shape index (κ2) is 11.4. The molecule has 2 heterocycles. The third kappa shape index (κ3) is 4.75. The molecule has 47 heavy (non-hydrogen) atoms. The number of hydrogen-bond donors (Lipinski definition) is 1. The molecule has 0 aliphatic carbocycles. The Morgan fingerprint density at radius 2 is 0.638 bits per heavy atom. The summed E-state index contributed by atoms with van der Waals surface area (Å²) in [6.45, 7) is 0. The maximum Gasteiger partial charge on any atom is 0.119 e. The molecule has 0 unspecified atom stereocenters. The Balaban J connectivity index is 1.12. The van der Waals surface area contributed by atoms with Crippen LogP contribution < -0.4 is 24.3 Å². The van der Waals surface area contributed by atoms with Gasteiger partial charge in [0.05, 0.1) is 50.5 Å². The first-order valence-corrected chi connectivity index (χ1v) is 15.4. The maximum atomic E-state index is 5.54.